The second kappa shape index (κ2) is 4.78. The molecule has 0 saturated heterocycles. The summed E-state index contributed by atoms with van der Waals surface area (Å²) in [6.45, 7) is 0. The fourth-order valence-corrected chi connectivity index (χ4v) is 2.24. The van der Waals surface area contributed by atoms with E-state index < -0.39 is 4.92 Å². The first-order valence-electron chi connectivity index (χ1n) is 6.13. The number of carbonyl (C=O) groups excluding carboxylic acids is 1. The van der Waals surface area contributed by atoms with E-state index in [9.17, 15) is 14.9 Å². The van der Waals surface area contributed by atoms with E-state index in [1.807, 2.05) is 0 Å². The van der Waals surface area contributed by atoms with E-state index >= 15 is 0 Å². The zero-order chi connectivity index (χ0) is 15.0. The van der Waals surface area contributed by atoms with Crippen molar-refractivity contribution in [2.24, 2.45) is 0 Å². The number of nitrogens with one attached hydrogen (secondary N) is 2. The summed E-state index contributed by atoms with van der Waals surface area (Å²) in [5, 5.41) is 13.5. The van der Waals surface area contributed by atoms with Gasteiger partial charge >= 0.3 is 0 Å². The molecule has 0 aliphatic carbocycles. The lowest BCUT2D eigenvalue weighted by Gasteiger charge is -2.00. The highest BCUT2D eigenvalue weighted by Gasteiger charge is 2.26. The van der Waals surface area contributed by atoms with Crippen molar-refractivity contribution in [3.8, 4) is 5.75 Å². The predicted octanol–water partition coefficient (Wildman–Crippen LogP) is 2.42. The summed E-state index contributed by atoms with van der Waals surface area (Å²) in [5.74, 6) is 0.288. The number of hydrogen-bond donors (Lipinski definition) is 2. The summed E-state index contributed by atoms with van der Waals surface area (Å²) in [6, 6.07) is 6.00. The molecule has 0 bridgehead atoms. The molecule has 0 atom stereocenters. The Morgan fingerprint density at radius 1 is 1.33 bits per heavy atom. The molecule has 2 N–H and O–H groups in total. The molecule has 1 amide bonds. The van der Waals surface area contributed by atoms with Crippen LogP contribution >= 0.6 is 0 Å². The van der Waals surface area contributed by atoms with E-state index in [4.69, 9.17) is 4.74 Å². The van der Waals surface area contributed by atoms with Gasteiger partial charge in [0.1, 0.15) is 5.75 Å². The Hall–Kier alpha value is -3.09. The van der Waals surface area contributed by atoms with Crippen LogP contribution in [-0.2, 0) is 4.79 Å². The number of amides is 1. The van der Waals surface area contributed by atoms with Gasteiger partial charge in [-0.05, 0) is 18.2 Å². The van der Waals surface area contributed by atoms with Gasteiger partial charge in [-0.3, -0.25) is 14.9 Å². The number of aromatic nitrogens is 1. The molecule has 1 aliphatic heterocycles. The molecule has 1 aliphatic rings. The number of carbonyl (C=O) groups is 1. The van der Waals surface area contributed by atoms with E-state index in [1.165, 1.54) is 25.3 Å². The zero-order valence-corrected chi connectivity index (χ0v) is 11.0. The van der Waals surface area contributed by atoms with Gasteiger partial charge in [-0.25, -0.2) is 0 Å². The summed E-state index contributed by atoms with van der Waals surface area (Å²) in [6.07, 6.45) is 3.30. The second-order valence-corrected chi connectivity index (χ2v) is 4.46. The SMILES string of the molecule is COc1cc[nH]c1/C=C1\C(=O)Nc2ccc([N+](=O)[O-])cc21. The van der Waals surface area contributed by atoms with Gasteiger partial charge in [0.15, 0.2) is 0 Å². The number of anilines is 1. The molecule has 0 fully saturated rings. The van der Waals surface area contributed by atoms with Crippen LogP contribution in [0, 0.1) is 10.1 Å². The van der Waals surface area contributed by atoms with Crippen LogP contribution in [0.4, 0.5) is 11.4 Å². The quantitative estimate of drug-likeness (QED) is 0.514. The molecule has 0 unspecified atom stereocenters. The van der Waals surface area contributed by atoms with Gasteiger partial charge in [-0.1, -0.05) is 0 Å². The van der Waals surface area contributed by atoms with Crippen molar-refractivity contribution in [2.75, 3.05) is 12.4 Å². The summed E-state index contributed by atoms with van der Waals surface area (Å²) in [5.41, 5.74) is 1.99. The molecule has 0 radical (unpaired) electrons. The van der Waals surface area contributed by atoms with Crippen LogP contribution in [0.15, 0.2) is 30.5 Å². The minimum atomic E-state index is -0.490. The van der Waals surface area contributed by atoms with E-state index in [1.54, 1.807) is 18.3 Å². The lowest BCUT2D eigenvalue weighted by molar-refractivity contribution is -0.384. The second-order valence-electron chi connectivity index (χ2n) is 4.46. The van der Waals surface area contributed by atoms with Gasteiger partial charge in [0, 0.05) is 29.6 Å². The molecule has 7 heteroatoms. The number of nitrogens with zero attached hydrogens (tertiary/aromatic N) is 1. The zero-order valence-electron chi connectivity index (χ0n) is 11.0. The minimum absolute atomic E-state index is 0.0606. The number of H-pyrrole nitrogens is 1. The van der Waals surface area contributed by atoms with Crippen LogP contribution in [0.1, 0.15) is 11.3 Å². The van der Waals surface area contributed by atoms with Crippen LogP contribution in [0.25, 0.3) is 11.6 Å². The number of fused-ring (bicyclic) bond motifs is 1. The minimum Gasteiger partial charge on any atom is -0.495 e. The fraction of sp³-hybridized carbons (Fsp3) is 0.0714. The lowest BCUT2D eigenvalue weighted by atomic mass is 10.1. The van der Waals surface area contributed by atoms with Crippen molar-refractivity contribution < 1.29 is 14.5 Å². The maximum absolute atomic E-state index is 12.0. The third kappa shape index (κ3) is 2.14. The number of nitro benzene ring substituents is 1. The first-order chi connectivity index (χ1) is 10.1. The average molecular weight is 285 g/mol. The molecule has 1 aromatic carbocycles. The fourth-order valence-electron chi connectivity index (χ4n) is 2.24. The van der Waals surface area contributed by atoms with Crippen LogP contribution in [0.2, 0.25) is 0 Å². The van der Waals surface area contributed by atoms with Crippen molar-refractivity contribution in [1.29, 1.82) is 0 Å². The molecular weight excluding hydrogens is 274 g/mol. The van der Waals surface area contributed by atoms with E-state index in [0.717, 1.165) is 0 Å². The van der Waals surface area contributed by atoms with Gasteiger partial charge < -0.3 is 15.0 Å². The number of aromatic amines is 1. The van der Waals surface area contributed by atoms with E-state index in [0.29, 0.717) is 28.3 Å². The topological polar surface area (TPSA) is 97.3 Å². The molecule has 2 aromatic rings. The molecule has 3 rings (SSSR count). The predicted molar refractivity (Wildman–Crippen MR) is 76.9 cm³/mol. The summed E-state index contributed by atoms with van der Waals surface area (Å²) in [4.78, 5) is 25.4. The van der Waals surface area contributed by atoms with Crippen LogP contribution in [-0.4, -0.2) is 22.9 Å². The first-order valence-corrected chi connectivity index (χ1v) is 6.13. The Balaban J connectivity index is 2.11. The summed E-state index contributed by atoms with van der Waals surface area (Å²) < 4.78 is 5.17. The molecule has 106 valence electrons. The number of benzene rings is 1. The van der Waals surface area contributed by atoms with Gasteiger partial charge in [-0.15, -0.1) is 0 Å². The van der Waals surface area contributed by atoms with Gasteiger partial charge in [-0.2, -0.15) is 0 Å². The van der Waals surface area contributed by atoms with E-state index in [2.05, 4.69) is 10.3 Å². The first kappa shape index (κ1) is 12.9. The standard InChI is InChI=1S/C14H11N3O4/c1-21-13-4-5-15-12(13)7-10-9-6-8(17(19)20)2-3-11(9)16-14(10)18/h2-7,15H,1H3,(H,16,18)/b10-7-. The Morgan fingerprint density at radius 3 is 2.86 bits per heavy atom. The van der Waals surface area contributed by atoms with Crippen LogP contribution in [0.5, 0.6) is 5.75 Å². The number of nitro groups is 1. The number of rotatable bonds is 3. The summed E-state index contributed by atoms with van der Waals surface area (Å²) >= 11 is 0. The Labute approximate surface area is 119 Å². The third-order valence-electron chi connectivity index (χ3n) is 3.24. The molecule has 21 heavy (non-hydrogen) atoms. The Kier molecular flexibility index (Phi) is 2.94. The molecule has 2 heterocycles. The third-order valence-corrected chi connectivity index (χ3v) is 3.24. The van der Waals surface area contributed by atoms with Crippen molar-refractivity contribution in [3.63, 3.8) is 0 Å². The maximum atomic E-state index is 12.0. The normalized spacial score (nSPS) is 14.9. The highest BCUT2D eigenvalue weighted by Crippen LogP contribution is 2.36. The maximum Gasteiger partial charge on any atom is 0.270 e. The Morgan fingerprint density at radius 2 is 2.14 bits per heavy atom. The highest BCUT2D eigenvalue weighted by molar-refractivity contribution is 6.35. The number of non-ortho nitro benzene ring substituents is 1. The highest BCUT2D eigenvalue weighted by atomic mass is 16.6. The monoisotopic (exact) mass is 285 g/mol. The molecular formula is C14H11N3O4. The molecule has 0 spiro atoms. The molecule has 1 aromatic heterocycles. The van der Waals surface area contributed by atoms with Crippen LogP contribution in [0.3, 0.4) is 0 Å². The Bertz CT molecular complexity index is 776. The van der Waals surface area contributed by atoms with Gasteiger partial charge in [0.05, 0.1) is 23.3 Å². The average Bonchev–Trinajstić information content (AvgIpc) is 3.03. The van der Waals surface area contributed by atoms with Gasteiger partial charge in [0.25, 0.3) is 11.6 Å². The smallest absolute Gasteiger partial charge is 0.270 e. The molecule has 7 nitrogen and oxygen atoms in total. The number of methoxy groups -OCH3 is 1. The lowest BCUT2D eigenvalue weighted by Crippen LogP contribution is -2.03. The summed E-state index contributed by atoms with van der Waals surface area (Å²) in [7, 11) is 1.53. The largest absolute Gasteiger partial charge is 0.495 e. The van der Waals surface area contributed by atoms with Crippen LogP contribution < -0.4 is 10.1 Å². The number of hydrogen-bond acceptors (Lipinski definition) is 4. The molecule has 0 saturated carbocycles. The number of ether oxygens (including phenoxy) is 1. The van der Waals surface area contributed by atoms with Crippen molar-refractivity contribution in [2.45, 2.75) is 0 Å². The van der Waals surface area contributed by atoms with Crippen molar-refractivity contribution in [3.05, 3.63) is 51.8 Å². The van der Waals surface area contributed by atoms with Crippen molar-refractivity contribution in [1.82, 2.24) is 4.98 Å². The van der Waals surface area contributed by atoms with Gasteiger partial charge in [0.2, 0.25) is 0 Å². The van der Waals surface area contributed by atoms with E-state index in [-0.39, 0.29) is 11.6 Å². The van der Waals surface area contributed by atoms with Crippen molar-refractivity contribution >= 4 is 28.9 Å².